The summed E-state index contributed by atoms with van der Waals surface area (Å²) in [4.78, 5) is 30.6. The molecule has 0 saturated carbocycles. The van der Waals surface area contributed by atoms with Crippen molar-refractivity contribution in [3.8, 4) is 11.1 Å². The van der Waals surface area contributed by atoms with E-state index in [4.69, 9.17) is 4.74 Å². The summed E-state index contributed by atoms with van der Waals surface area (Å²) >= 11 is 0. The van der Waals surface area contributed by atoms with Crippen LogP contribution in [0.15, 0.2) is 72.8 Å². The van der Waals surface area contributed by atoms with E-state index in [1.807, 2.05) is 67.1 Å². The number of fused-ring (bicyclic) bond motifs is 5. The second-order valence-electron chi connectivity index (χ2n) is 11.7. The molecule has 8 nitrogen and oxygen atoms in total. The summed E-state index contributed by atoms with van der Waals surface area (Å²) in [6.07, 6.45) is -5.10. The SMILES string of the molecule is C[C@H]1CN([C@@H](C)CO)C(=O)c2c(c3ccccc3n2C)-c2ccccc2CO[C@H]1CN(C)C(=O)Nc1cccc(C(F)(F)F)c1. The molecule has 0 aliphatic carbocycles. The third kappa shape index (κ3) is 6.55. The van der Waals surface area contributed by atoms with E-state index in [1.54, 1.807) is 18.9 Å². The number of amides is 3. The number of likely N-dealkylation sites (N-methyl/N-ethyl adjacent to an activating group) is 1. The molecule has 238 valence electrons. The number of rotatable bonds is 5. The summed E-state index contributed by atoms with van der Waals surface area (Å²) in [5.41, 5.74) is 3.06. The highest BCUT2D eigenvalue weighted by Gasteiger charge is 2.34. The van der Waals surface area contributed by atoms with Gasteiger partial charge < -0.3 is 29.5 Å². The number of hydrogen-bond donors (Lipinski definition) is 2. The Bertz CT molecular complexity index is 1700. The fourth-order valence-electron chi connectivity index (χ4n) is 5.87. The molecule has 0 fully saturated rings. The van der Waals surface area contributed by atoms with Gasteiger partial charge in [-0.25, -0.2) is 4.79 Å². The molecular formula is C34H37F3N4O4. The number of aromatic nitrogens is 1. The maximum Gasteiger partial charge on any atom is 0.416 e. The van der Waals surface area contributed by atoms with Crippen molar-refractivity contribution in [1.82, 2.24) is 14.4 Å². The first-order valence-corrected chi connectivity index (χ1v) is 14.8. The number of aliphatic hydroxyl groups is 1. The fourth-order valence-corrected chi connectivity index (χ4v) is 5.87. The number of alkyl halides is 3. The van der Waals surface area contributed by atoms with E-state index in [0.29, 0.717) is 5.69 Å². The molecule has 2 heterocycles. The average molecular weight is 623 g/mol. The number of carbonyl (C=O) groups is 2. The second kappa shape index (κ2) is 12.9. The van der Waals surface area contributed by atoms with Gasteiger partial charge in [-0.3, -0.25) is 4.79 Å². The maximum atomic E-state index is 14.4. The zero-order chi connectivity index (χ0) is 32.5. The number of ether oxygens (including phenoxy) is 1. The molecule has 1 aliphatic rings. The van der Waals surface area contributed by atoms with Gasteiger partial charge in [0.25, 0.3) is 5.91 Å². The van der Waals surface area contributed by atoms with Crippen LogP contribution in [-0.2, 0) is 24.6 Å². The third-order valence-electron chi connectivity index (χ3n) is 8.47. The van der Waals surface area contributed by atoms with Crippen molar-refractivity contribution in [3.05, 3.63) is 89.6 Å². The van der Waals surface area contributed by atoms with Gasteiger partial charge in [-0.2, -0.15) is 13.2 Å². The van der Waals surface area contributed by atoms with Crippen LogP contribution in [0.5, 0.6) is 0 Å². The lowest BCUT2D eigenvalue weighted by molar-refractivity contribution is -0.137. The Morgan fingerprint density at radius 1 is 1.11 bits per heavy atom. The van der Waals surface area contributed by atoms with Gasteiger partial charge in [0.15, 0.2) is 0 Å². The number of aryl methyl sites for hydroxylation is 1. The Hall–Kier alpha value is -4.35. The van der Waals surface area contributed by atoms with Gasteiger partial charge in [0.2, 0.25) is 0 Å². The third-order valence-corrected chi connectivity index (χ3v) is 8.47. The van der Waals surface area contributed by atoms with Gasteiger partial charge in [0, 0.05) is 55.3 Å². The largest absolute Gasteiger partial charge is 0.416 e. The molecule has 0 saturated heterocycles. The van der Waals surface area contributed by atoms with Crippen LogP contribution >= 0.6 is 0 Å². The lowest BCUT2D eigenvalue weighted by Gasteiger charge is -2.35. The monoisotopic (exact) mass is 622 g/mol. The summed E-state index contributed by atoms with van der Waals surface area (Å²) in [7, 11) is 3.41. The van der Waals surface area contributed by atoms with Crippen LogP contribution in [0.2, 0.25) is 0 Å². The van der Waals surface area contributed by atoms with E-state index in [2.05, 4.69) is 5.32 Å². The first-order valence-electron chi connectivity index (χ1n) is 14.8. The lowest BCUT2D eigenvalue weighted by Crippen LogP contribution is -2.48. The number of nitrogens with one attached hydrogen (secondary N) is 1. The van der Waals surface area contributed by atoms with Crippen molar-refractivity contribution < 1.29 is 32.6 Å². The molecule has 0 spiro atoms. The molecule has 0 bridgehead atoms. The fraction of sp³-hybridized carbons (Fsp3) is 0.353. The van der Waals surface area contributed by atoms with E-state index in [9.17, 15) is 27.9 Å². The molecule has 3 atom stereocenters. The van der Waals surface area contributed by atoms with Gasteiger partial charge in [-0.1, -0.05) is 55.5 Å². The van der Waals surface area contributed by atoms with Crippen LogP contribution in [0, 0.1) is 5.92 Å². The smallest absolute Gasteiger partial charge is 0.394 e. The van der Waals surface area contributed by atoms with Crippen LogP contribution in [0.4, 0.5) is 23.7 Å². The summed E-state index contributed by atoms with van der Waals surface area (Å²) in [6, 6.07) is 18.9. The van der Waals surface area contributed by atoms with E-state index in [-0.39, 0.29) is 43.8 Å². The molecule has 11 heteroatoms. The van der Waals surface area contributed by atoms with Gasteiger partial charge in [-0.15, -0.1) is 0 Å². The van der Waals surface area contributed by atoms with E-state index in [0.717, 1.165) is 39.7 Å². The number of halogens is 3. The van der Waals surface area contributed by atoms with Crippen molar-refractivity contribution >= 4 is 28.5 Å². The standard InChI is InChI=1S/C34H37F3N4O4/c1-21-17-41(22(2)19-42)32(43)31-30(27-14-7-8-15-28(27)40(31)4)26-13-6-5-10-23(26)20-45-29(21)18-39(3)33(44)38-25-12-9-11-24(16-25)34(35,36)37/h5-16,21-22,29,42H,17-20H2,1-4H3,(H,38,44)/t21-,22-,29-/m0/s1. The minimum atomic E-state index is -4.54. The highest BCUT2D eigenvalue weighted by Crippen LogP contribution is 2.38. The van der Waals surface area contributed by atoms with E-state index < -0.39 is 29.9 Å². The Morgan fingerprint density at radius 3 is 2.56 bits per heavy atom. The number of urea groups is 1. The van der Waals surface area contributed by atoms with Crippen LogP contribution < -0.4 is 5.32 Å². The van der Waals surface area contributed by atoms with Gasteiger partial charge in [0.1, 0.15) is 5.69 Å². The van der Waals surface area contributed by atoms with Crippen molar-refractivity contribution in [2.45, 2.75) is 38.8 Å². The van der Waals surface area contributed by atoms with Crippen LogP contribution in [0.1, 0.15) is 35.5 Å². The van der Waals surface area contributed by atoms with Gasteiger partial charge in [0.05, 0.1) is 30.9 Å². The Kier molecular flexibility index (Phi) is 9.22. The Labute approximate surface area is 260 Å². The van der Waals surface area contributed by atoms with E-state index in [1.165, 1.54) is 17.0 Å². The zero-order valence-corrected chi connectivity index (χ0v) is 25.6. The number of carbonyl (C=O) groups excluding carboxylic acids is 2. The summed E-state index contributed by atoms with van der Waals surface area (Å²) in [6.45, 7) is 3.97. The molecular weight excluding hydrogens is 585 g/mol. The van der Waals surface area contributed by atoms with Gasteiger partial charge >= 0.3 is 12.2 Å². The van der Waals surface area contributed by atoms with Crippen molar-refractivity contribution in [2.75, 3.05) is 32.1 Å². The number of para-hydroxylation sites is 1. The molecule has 2 N–H and O–H groups in total. The molecule has 1 aliphatic heterocycles. The van der Waals surface area contributed by atoms with E-state index >= 15 is 0 Å². The number of anilines is 1. The maximum absolute atomic E-state index is 14.4. The zero-order valence-electron chi connectivity index (χ0n) is 25.6. The number of benzene rings is 3. The Balaban J connectivity index is 1.49. The van der Waals surface area contributed by atoms with Crippen LogP contribution in [-0.4, -0.2) is 70.3 Å². The number of aliphatic hydroxyl groups excluding tert-OH is 1. The highest BCUT2D eigenvalue weighted by molar-refractivity contribution is 6.10. The topological polar surface area (TPSA) is 87.0 Å². The van der Waals surface area contributed by atoms with Crippen molar-refractivity contribution in [2.24, 2.45) is 13.0 Å². The van der Waals surface area contributed by atoms with Crippen LogP contribution in [0.25, 0.3) is 22.0 Å². The molecule has 1 aromatic heterocycles. The average Bonchev–Trinajstić information content (AvgIpc) is 3.31. The predicted octanol–water partition coefficient (Wildman–Crippen LogP) is 6.39. The number of nitrogens with zero attached hydrogens (tertiary/aromatic N) is 3. The first kappa shape index (κ1) is 32.1. The molecule has 0 radical (unpaired) electrons. The minimum absolute atomic E-state index is 0.0190. The number of hydrogen-bond acceptors (Lipinski definition) is 4. The first-order chi connectivity index (χ1) is 21.4. The van der Waals surface area contributed by atoms with Gasteiger partial charge in [-0.05, 0) is 42.3 Å². The minimum Gasteiger partial charge on any atom is -0.394 e. The summed E-state index contributed by atoms with van der Waals surface area (Å²) < 4.78 is 48.0. The molecule has 0 unspecified atom stereocenters. The highest BCUT2D eigenvalue weighted by atomic mass is 19.4. The molecule has 3 amide bonds. The molecule has 45 heavy (non-hydrogen) atoms. The predicted molar refractivity (Wildman–Crippen MR) is 167 cm³/mol. The van der Waals surface area contributed by atoms with Crippen molar-refractivity contribution in [1.29, 1.82) is 0 Å². The molecule has 3 aromatic carbocycles. The summed E-state index contributed by atoms with van der Waals surface area (Å²) in [5, 5.41) is 13.6. The normalized spacial score (nSPS) is 18.1. The quantitative estimate of drug-likeness (QED) is 0.270. The molecule has 5 rings (SSSR count). The Morgan fingerprint density at radius 2 is 1.82 bits per heavy atom. The molecule has 4 aromatic rings. The van der Waals surface area contributed by atoms with Crippen LogP contribution in [0.3, 0.4) is 0 Å². The second-order valence-corrected chi connectivity index (χ2v) is 11.7. The van der Waals surface area contributed by atoms with Crippen molar-refractivity contribution in [3.63, 3.8) is 0 Å². The summed E-state index contributed by atoms with van der Waals surface area (Å²) in [5.74, 6) is -0.529. The lowest BCUT2D eigenvalue weighted by atomic mass is 9.96.